The average Bonchev–Trinajstić information content (AvgIpc) is 2.63. The van der Waals surface area contributed by atoms with E-state index in [1.165, 1.54) is 11.3 Å². The molecule has 2 heterocycles. The zero-order chi connectivity index (χ0) is 9.84. The minimum absolute atomic E-state index is 1.02. The first-order valence-corrected chi connectivity index (χ1v) is 4.68. The van der Waals surface area contributed by atoms with Crippen LogP contribution in [0.2, 0.25) is 0 Å². The Balaban J connectivity index is 0.000000396. The number of hydrogen-bond donors (Lipinski definition) is 0. The largest absolute Gasteiger partial charge is 0.304 e. The molecule has 2 aromatic rings. The van der Waals surface area contributed by atoms with Crippen molar-refractivity contribution in [3.8, 4) is 0 Å². The molecule has 2 nitrogen and oxygen atoms in total. The molecule has 0 bridgehead atoms. The molecular weight excluding hydrogens is 160 g/mol. The van der Waals surface area contributed by atoms with Crippen LogP contribution >= 0.6 is 0 Å². The van der Waals surface area contributed by atoms with Gasteiger partial charge in [0.25, 0.3) is 0 Å². The van der Waals surface area contributed by atoms with Gasteiger partial charge in [-0.15, -0.1) is 0 Å². The van der Waals surface area contributed by atoms with E-state index in [9.17, 15) is 0 Å². The van der Waals surface area contributed by atoms with Crippen molar-refractivity contribution in [2.75, 3.05) is 0 Å². The molecule has 0 saturated carbocycles. The summed E-state index contributed by atoms with van der Waals surface area (Å²) in [6.45, 7) is 8.21. The molecule has 0 atom stereocenters. The summed E-state index contributed by atoms with van der Waals surface area (Å²) in [5, 5.41) is 0. The molecule has 0 radical (unpaired) electrons. The summed E-state index contributed by atoms with van der Waals surface area (Å²) in [6, 6.07) is 4.12. The summed E-state index contributed by atoms with van der Waals surface area (Å²) < 4.78 is 2.09. The maximum absolute atomic E-state index is 4.18. The second kappa shape index (κ2) is 4.08. The molecule has 0 N–H and O–H groups in total. The van der Waals surface area contributed by atoms with Crippen molar-refractivity contribution in [3.05, 3.63) is 35.8 Å². The molecule has 0 amide bonds. The van der Waals surface area contributed by atoms with Crippen molar-refractivity contribution in [3.63, 3.8) is 0 Å². The number of imidazole rings is 1. The summed E-state index contributed by atoms with van der Waals surface area (Å²) in [4.78, 5) is 4.18. The third-order valence-electron chi connectivity index (χ3n) is 2.08. The van der Waals surface area contributed by atoms with Gasteiger partial charge in [-0.25, -0.2) is 4.98 Å². The van der Waals surface area contributed by atoms with Crippen molar-refractivity contribution >= 4 is 5.65 Å². The quantitative estimate of drug-likeness (QED) is 0.603. The molecule has 0 aliphatic rings. The molecule has 13 heavy (non-hydrogen) atoms. The number of hydrogen-bond acceptors (Lipinski definition) is 1. The molecule has 0 unspecified atom stereocenters. The molecule has 2 aromatic heterocycles. The molecule has 0 spiro atoms. The van der Waals surface area contributed by atoms with E-state index < -0.39 is 0 Å². The highest BCUT2D eigenvalue weighted by Gasteiger charge is 1.97. The second-order valence-corrected chi connectivity index (χ2v) is 2.76. The van der Waals surface area contributed by atoms with Gasteiger partial charge < -0.3 is 4.40 Å². The zero-order valence-corrected chi connectivity index (χ0v) is 8.70. The first-order chi connectivity index (χ1) is 6.29. The highest BCUT2D eigenvalue weighted by Crippen LogP contribution is 2.09. The van der Waals surface area contributed by atoms with Crippen LogP contribution in [0.3, 0.4) is 0 Å². The fraction of sp³-hybridized carbons (Fsp3) is 0.364. The van der Waals surface area contributed by atoms with Crippen LogP contribution in [0.4, 0.5) is 0 Å². The predicted octanol–water partition coefficient (Wildman–Crippen LogP) is 2.98. The van der Waals surface area contributed by atoms with Gasteiger partial charge >= 0.3 is 0 Å². The number of aryl methyl sites for hydroxylation is 2. The van der Waals surface area contributed by atoms with Gasteiger partial charge in [0, 0.05) is 18.1 Å². The van der Waals surface area contributed by atoms with E-state index in [-0.39, 0.29) is 0 Å². The van der Waals surface area contributed by atoms with Gasteiger partial charge in [-0.3, -0.25) is 0 Å². The van der Waals surface area contributed by atoms with Crippen LogP contribution in [-0.2, 0) is 0 Å². The topological polar surface area (TPSA) is 17.3 Å². The Labute approximate surface area is 79.2 Å². The maximum atomic E-state index is 4.18. The molecule has 0 aliphatic carbocycles. The molecule has 0 fully saturated rings. The van der Waals surface area contributed by atoms with Crippen LogP contribution in [0.1, 0.15) is 25.1 Å². The monoisotopic (exact) mass is 176 g/mol. The summed E-state index contributed by atoms with van der Waals surface area (Å²) in [6.07, 6.45) is 3.80. The van der Waals surface area contributed by atoms with Crippen molar-refractivity contribution in [1.29, 1.82) is 0 Å². The highest BCUT2D eigenvalue weighted by atomic mass is 15.0. The molecule has 0 aromatic carbocycles. The Hall–Kier alpha value is -1.31. The van der Waals surface area contributed by atoms with Gasteiger partial charge in [0.1, 0.15) is 5.65 Å². The SMILES string of the molecule is CC.Cc1ccc2nccn2c1C. The van der Waals surface area contributed by atoms with E-state index in [1.807, 2.05) is 32.3 Å². The molecule has 0 aliphatic heterocycles. The van der Waals surface area contributed by atoms with Gasteiger partial charge in [-0.1, -0.05) is 19.9 Å². The Kier molecular flexibility index (Phi) is 3.07. The Morgan fingerprint density at radius 2 is 1.85 bits per heavy atom. The summed E-state index contributed by atoms with van der Waals surface area (Å²) in [7, 11) is 0. The van der Waals surface area contributed by atoms with Gasteiger partial charge in [-0.05, 0) is 25.5 Å². The number of nitrogens with zero attached hydrogens (tertiary/aromatic N) is 2. The first kappa shape index (κ1) is 9.78. The summed E-state index contributed by atoms with van der Waals surface area (Å²) in [5.74, 6) is 0. The van der Waals surface area contributed by atoms with Crippen molar-refractivity contribution in [2.45, 2.75) is 27.7 Å². The Bertz CT molecular complexity index is 388. The van der Waals surface area contributed by atoms with E-state index >= 15 is 0 Å². The number of fused-ring (bicyclic) bond motifs is 1. The van der Waals surface area contributed by atoms with Crippen LogP contribution in [0.15, 0.2) is 24.5 Å². The fourth-order valence-electron chi connectivity index (χ4n) is 1.23. The Morgan fingerprint density at radius 1 is 1.15 bits per heavy atom. The van der Waals surface area contributed by atoms with E-state index in [0.29, 0.717) is 0 Å². The van der Waals surface area contributed by atoms with Crippen LogP contribution < -0.4 is 0 Å². The molecule has 2 heteroatoms. The lowest BCUT2D eigenvalue weighted by Crippen LogP contribution is -1.91. The molecule has 2 rings (SSSR count). The lowest BCUT2D eigenvalue weighted by atomic mass is 10.2. The van der Waals surface area contributed by atoms with Gasteiger partial charge in [0.2, 0.25) is 0 Å². The average molecular weight is 176 g/mol. The zero-order valence-electron chi connectivity index (χ0n) is 8.70. The van der Waals surface area contributed by atoms with Gasteiger partial charge in [0.05, 0.1) is 0 Å². The summed E-state index contributed by atoms with van der Waals surface area (Å²) in [5.41, 5.74) is 3.59. The highest BCUT2D eigenvalue weighted by molar-refractivity contribution is 5.42. The number of pyridine rings is 1. The molecule has 70 valence electrons. The lowest BCUT2D eigenvalue weighted by Gasteiger charge is -2.01. The smallest absolute Gasteiger partial charge is 0.136 e. The normalized spacial score (nSPS) is 9.54. The van der Waals surface area contributed by atoms with Crippen LogP contribution in [0.25, 0.3) is 5.65 Å². The van der Waals surface area contributed by atoms with Crippen LogP contribution in [-0.4, -0.2) is 9.38 Å². The minimum atomic E-state index is 1.02. The lowest BCUT2D eigenvalue weighted by molar-refractivity contribution is 1.06. The first-order valence-electron chi connectivity index (χ1n) is 4.68. The minimum Gasteiger partial charge on any atom is -0.304 e. The fourth-order valence-corrected chi connectivity index (χ4v) is 1.23. The van der Waals surface area contributed by atoms with Crippen molar-refractivity contribution in [1.82, 2.24) is 9.38 Å². The molecule has 0 saturated heterocycles. The standard InChI is InChI=1S/C9H10N2.C2H6/c1-7-3-4-9-10-5-6-11(9)8(7)2;1-2/h3-6H,1-2H3;1-2H3. The van der Waals surface area contributed by atoms with E-state index in [2.05, 4.69) is 29.3 Å². The third kappa shape index (κ3) is 1.72. The number of aromatic nitrogens is 2. The van der Waals surface area contributed by atoms with Crippen LogP contribution in [0, 0.1) is 13.8 Å². The predicted molar refractivity (Wildman–Crippen MR) is 56.0 cm³/mol. The van der Waals surface area contributed by atoms with Crippen molar-refractivity contribution in [2.24, 2.45) is 0 Å². The summed E-state index contributed by atoms with van der Waals surface area (Å²) >= 11 is 0. The Morgan fingerprint density at radius 3 is 2.54 bits per heavy atom. The maximum Gasteiger partial charge on any atom is 0.136 e. The number of rotatable bonds is 0. The van der Waals surface area contributed by atoms with E-state index in [0.717, 1.165) is 5.65 Å². The van der Waals surface area contributed by atoms with Gasteiger partial charge in [-0.2, -0.15) is 0 Å². The second-order valence-electron chi connectivity index (χ2n) is 2.76. The van der Waals surface area contributed by atoms with Gasteiger partial charge in [0.15, 0.2) is 0 Å². The third-order valence-corrected chi connectivity index (χ3v) is 2.08. The van der Waals surface area contributed by atoms with Crippen molar-refractivity contribution < 1.29 is 0 Å². The van der Waals surface area contributed by atoms with E-state index in [4.69, 9.17) is 0 Å². The van der Waals surface area contributed by atoms with E-state index in [1.54, 1.807) is 0 Å². The van der Waals surface area contributed by atoms with Crippen LogP contribution in [0.5, 0.6) is 0 Å². The molecular formula is C11H16N2.